The lowest BCUT2D eigenvalue weighted by molar-refractivity contribution is -0.170. The number of rotatable bonds is 20. The van der Waals surface area contributed by atoms with Crippen LogP contribution in [0.15, 0.2) is 48.5 Å². The fourth-order valence-electron chi connectivity index (χ4n) is 10.4. The van der Waals surface area contributed by atoms with Gasteiger partial charge < -0.3 is 39.4 Å². The van der Waals surface area contributed by atoms with Gasteiger partial charge in [0.1, 0.15) is 54.8 Å². The van der Waals surface area contributed by atoms with Crippen LogP contribution in [0.5, 0.6) is 23.0 Å². The second kappa shape index (κ2) is 27.6. The first-order chi connectivity index (χ1) is 38.4. The van der Waals surface area contributed by atoms with Gasteiger partial charge in [-0.3, -0.25) is 19.2 Å². The Balaban J connectivity index is 0.0000194. The smallest absolute Gasteiger partial charge is 0.306 e. The summed E-state index contributed by atoms with van der Waals surface area (Å²) in [6.07, 6.45) is 0.854. The number of phenolic OH excluding ortho intramolecular Hbond substituents is 4. The van der Waals surface area contributed by atoms with Crippen molar-refractivity contribution in [3.05, 3.63) is 115 Å². The molecule has 0 aliphatic carbocycles. The van der Waals surface area contributed by atoms with Gasteiger partial charge >= 0.3 is 23.9 Å². The number of hydrogen-bond donors (Lipinski definition) is 4. The van der Waals surface area contributed by atoms with Gasteiger partial charge in [-0.2, -0.15) is 0 Å². The van der Waals surface area contributed by atoms with E-state index < -0.39 is 99.0 Å². The number of aromatic hydroxyl groups is 4. The molecule has 0 atom stereocenters. The molecule has 0 fully saturated rings. The number of esters is 4. The van der Waals surface area contributed by atoms with Crippen molar-refractivity contribution in [1.82, 2.24) is 0 Å². The van der Waals surface area contributed by atoms with Crippen LogP contribution < -0.4 is 0 Å². The van der Waals surface area contributed by atoms with E-state index in [0.29, 0.717) is 0 Å². The first-order valence-corrected chi connectivity index (χ1v) is 30.5. The highest BCUT2D eigenvalue weighted by molar-refractivity contribution is 5.72. The van der Waals surface area contributed by atoms with Crippen molar-refractivity contribution in [2.75, 3.05) is 26.4 Å². The lowest BCUT2D eigenvalue weighted by Crippen LogP contribution is -2.44. The molecule has 0 aliphatic heterocycles. The van der Waals surface area contributed by atoms with Crippen LogP contribution in [0.3, 0.4) is 0 Å². The first kappa shape index (κ1) is 74.2. The van der Waals surface area contributed by atoms with E-state index >= 15 is 0 Å². The van der Waals surface area contributed by atoms with E-state index in [-0.39, 0.29) is 81.8 Å². The monoisotopic (exact) mass is 1190 g/mol. The van der Waals surface area contributed by atoms with Crippen LogP contribution in [0.1, 0.15) is 266 Å². The van der Waals surface area contributed by atoms with Gasteiger partial charge in [-0.15, -0.1) is 0 Å². The van der Waals surface area contributed by atoms with Crippen molar-refractivity contribution in [2.24, 2.45) is 5.41 Å². The van der Waals surface area contributed by atoms with E-state index in [1.807, 2.05) is 215 Å². The van der Waals surface area contributed by atoms with Crippen molar-refractivity contribution in [2.45, 2.75) is 268 Å². The summed E-state index contributed by atoms with van der Waals surface area (Å²) < 4.78 is 24.4. The molecule has 0 radical (unpaired) electrons. The SMILES string of the molecule is C.CC(C)(C)c1cc(CCC(=O)OCC(COC(=O)CCc2cc(C(C)(C)C)c(O)c(C(C)(C)C)c2)(COC(=O)CCc2cc(C(C)(C)C)c(O)c(C(C)(C)C)c2)COC(=O)CCc2cc(C(C)(C)C)c(O)c(C(C)(C)C)c2)cc(C(C)(C)C)c1O. The number of hydrogen-bond acceptors (Lipinski definition) is 12. The molecule has 0 aliphatic rings. The summed E-state index contributed by atoms with van der Waals surface area (Å²) >= 11 is 0. The molecule has 4 aromatic rings. The summed E-state index contributed by atoms with van der Waals surface area (Å²) in [6, 6.07) is 15.4. The Morgan fingerprint density at radius 2 is 0.407 bits per heavy atom. The first-order valence-electron chi connectivity index (χ1n) is 30.5. The molecule has 12 heteroatoms. The summed E-state index contributed by atoms with van der Waals surface area (Å²) in [5, 5.41) is 45.7. The summed E-state index contributed by atoms with van der Waals surface area (Å²) in [4.78, 5) is 56.4. The molecule has 0 bridgehead atoms. The highest BCUT2D eigenvalue weighted by Crippen LogP contribution is 2.44. The van der Waals surface area contributed by atoms with E-state index in [4.69, 9.17) is 18.9 Å². The standard InChI is InChI=1S/C73H108O12.CH4/c1-65(2,3)49-33-45(34-50(61(49)78)66(4,5)6)25-29-57(74)82-41-73(42-83-58(75)30-26-46-35-51(67(7,8)9)62(79)52(36-46)68(10,11)12,43-84-59(76)31-27-47-37-53(69(13,14)15)63(80)54(38-47)70(16,17)18)44-85-60(77)32-28-48-39-55(71(19,20)21)64(81)56(40-48)72(22,23)24;/h33-40,78-81H,25-32,41-44H2,1-24H3;1H4. The maximum atomic E-state index is 14.1. The summed E-state index contributed by atoms with van der Waals surface area (Å²) in [7, 11) is 0. The topological polar surface area (TPSA) is 186 Å². The van der Waals surface area contributed by atoms with E-state index in [0.717, 1.165) is 66.8 Å². The molecule has 0 aromatic heterocycles. The van der Waals surface area contributed by atoms with Crippen LogP contribution in [0.2, 0.25) is 0 Å². The van der Waals surface area contributed by atoms with Crippen molar-refractivity contribution in [3.63, 3.8) is 0 Å². The van der Waals surface area contributed by atoms with Gasteiger partial charge in [-0.05, 0) is 136 Å². The van der Waals surface area contributed by atoms with Crippen molar-refractivity contribution in [3.8, 4) is 23.0 Å². The molecule has 12 nitrogen and oxygen atoms in total. The van der Waals surface area contributed by atoms with Gasteiger partial charge in [0, 0.05) is 25.7 Å². The summed E-state index contributed by atoms with van der Waals surface area (Å²) in [5.41, 5.74) is 4.62. The molecule has 4 aromatic carbocycles. The number of carbonyl (C=O) groups is 4. The minimum absolute atomic E-state index is 0. The predicted octanol–water partition coefficient (Wildman–Crippen LogP) is 16.5. The lowest BCUT2D eigenvalue weighted by Gasteiger charge is -2.32. The normalized spacial score (nSPS) is 13.0. The molecule has 0 saturated heterocycles. The maximum absolute atomic E-state index is 14.1. The van der Waals surface area contributed by atoms with Crippen LogP contribution in [0.4, 0.5) is 0 Å². The third-order valence-corrected chi connectivity index (χ3v) is 15.8. The van der Waals surface area contributed by atoms with Crippen LogP contribution >= 0.6 is 0 Å². The van der Waals surface area contributed by atoms with Crippen molar-refractivity contribution >= 4 is 23.9 Å². The van der Waals surface area contributed by atoms with Crippen LogP contribution in [-0.2, 0) is 107 Å². The van der Waals surface area contributed by atoms with Crippen molar-refractivity contribution in [1.29, 1.82) is 0 Å². The Morgan fingerprint density at radius 1 is 0.279 bits per heavy atom. The van der Waals surface area contributed by atoms with Gasteiger partial charge in [0.15, 0.2) is 0 Å². The second-order valence-corrected chi connectivity index (χ2v) is 32.3. The maximum Gasteiger partial charge on any atom is 0.306 e. The molecule has 0 saturated carbocycles. The average molecular weight is 1190 g/mol. The summed E-state index contributed by atoms with van der Waals surface area (Å²) in [6.45, 7) is 46.7. The van der Waals surface area contributed by atoms with Crippen molar-refractivity contribution < 1.29 is 58.6 Å². The molecular formula is C74H112O12. The van der Waals surface area contributed by atoms with Gasteiger partial charge in [0.2, 0.25) is 0 Å². The highest BCUT2D eigenvalue weighted by Gasteiger charge is 2.39. The Hall–Kier alpha value is -6.04. The Kier molecular flexibility index (Phi) is 23.8. The minimum atomic E-state index is -1.58. The number of phenols is 4. The zero-order valence-electron chi connectivity index (χ0n) is 56.7. The Bertz CT molecular complexity index is 2470. The largest absolute Gasteiger partial charge is 0.507 e. The fourth-order valence-corrected chi connectivity index (χ4v) is 10.4. The lowest BCUT2D eigenvalue weighted by atomic mass is 9.78. The van der Waals surface area contributed by atoms with Crippen LogP contribution in [0, 0.1) is 5.41 Å². The molecule has 480 valence electrons. The molecule has 86 heavy (non-hydrogen) atoms. The molecule has 0 amide bonds. The second-order valence-electron chi connectivity index (χ2n) is 32.3. The minimum Gasteiger partial charge on any atom is -0.507 e. The summed E-state index contributed by atoms with van der Waals surface area (Å²) in [5.74, 6) is -1.49. The Morgan fingerprint density at radius 3 is 0.523 bits per heavy atom. The van der Waals surface area contributed by atoms with Gasteiger partial charge in [0.05, 0.1) is 0 Å². The molecule has 4 rings (SSSR count). The zero-order chi connectivity index (χ0) is 65.0. The third-order valence-electron chi connectivity index (χ3n) is 15.8. The molecule has 0 heterocycles. The van der Waals surface area contributed by atoms with Gasteiger partial charge in [-0.25, -0.2) is 0 Å². The quantitative estimate of drug-likeness (QED) is 0.0485. The Labute approximate surface area is 518 Å². The van der Waals surface area contributed by atoms with Crippen LogP contribution in [-0.4, -0.2) is 70.7 Å². The van der Waals surface area contributed by atoms with E-state index in [9.17, 15) is 39.6 Å². The van der Waals surface area contributed by atoms with Gasteiger partial charge in [0.25, 0.3) is 0 Å². The average Bonchev–Trinajstić information content (AvgIpc) is 1.34. The van der Waals surface area contributed by atoms with E-state index in [2.05, 4.69) is 0 Å². The number of aryl methyl sites for hydroxylation is 4. The van der Waals surface area contributed by atoms with E-state index in [1.165, 1.54) is 0 Å². The molecule has 4 N–H and O–H groups in total. The number of benzene rings is 4. The zero-order valence-corrected chi connectivity index (χ0v) is 56.7. The van der Waals surface area contributed by atoms with Crippen LogP contribution in [0.25, 0.3) is 0 Å². The number of ether oxygens (including phenoxy) is 4. The van der Waals surface area contributed by atoms with E-state index in [1.54, 1.807) is 0 Å². The third kappa shape index (κ3) is 20.5. The molecule has 0 spiro atoms. The number of carbonyl (C=O) groups excluding carboxylic acids is 4. The fraction of sp³-hybridized carbons (Fsp3) is 0.622. The highest BCUT2D eigenvalue weighted by atomic mass is 16.6. The molecule has 0 unspecified atom stereocenters. The van der Waals surface area contributed by atoms with Gasteiger partial charge in [-0.1, -0.05) is 222 Å². The predicted molar refractivity (Wildman–Crippen MR) is 348 cm³/mol. The molecular weight excluding hydrogens is 1080 g/mol.